The van der Waals surface area contributed by atoms with Crippen LogP contribution in [0.3, 0.4) is 0 Å². The Balaban J connectivity index is 1.30. The molecule has 0 fully saturated rings. The Kier molecular flexibility index (Phi) is 6.46. The molecule has 49 heavy (non-hydrogen) atoms. The second-order valence-corrected chi connectivity index (χ2v) is 13.6. The molecule has 0 unspecified atom stereocenters. The van der Waals surface area contributed by atoms with E-state index in [1.54, 1.807) is 6.07 Å². The van der Waals surface area contributed by atoms with Crippen molar-refractivity contribution in [1.29, 1.82) is 0 Å². The molecular formula is C44H33N3O2. The predicted molar refractivity (Wildman–Crippen MR) is 200 cm³/mol. The van der Waals surface area contributed by atoms with Crippen LogP contribution < -0.4 is 0 Å². The van der Waals surface area contributed by atoms with Crippen LogP contribution in [0.2, 0.25) is 0 Å². The van der Waals surface area contributed by atoms with Crippen molar-refractivity contribution in [2.75, 3.05) is 0 Å². The fraction of sp³-hybridized carbons (Fsp3) is 0.0909. The monoisotopic (exact) mass is 635 g/mol. The van der Waals surface area contributed by atoms with Gasteiger partial charge in [-0.1, -0.05) is 106 Å². The third-order valence-electron chi connectivity index (χ3n) is 9.47. The van der Waals surface area contributed by atoms with E-state index in [2.05, 4.69) is 122 Å². The van der Waals surface area contributed by atoms with E-state index in [9.17, 15) is 5.11 Å². The molecule has 5 nitrogen and oxygen atoms in total. The van der Waals surface area contributed by atoms with Crippen molar-refractivity contribution in [3.63, 3.8) is 0 Å². The van der Waals surface area contributed by atoms with E-state index in [-0.39, 0.29) is 11.2 Å². The number of para-hydroxylation sites is 3. The molecule has 0 aliphatic rings. The first-order valence-electron chi connectivity index (χ1n) is 16.6. The van der Waals surface area contributed by atoms with Crippen LogP contribution in [-0.4, -0.2) is 19.6 Å². The standard InChI is InChI=1S/C44H33N3O2/c1-44(2,3)28-25-35(34-22-21-32-31-17-10-11-20-37(31)47(43(32)46-34)29-15-8-5-9-16-29)45-36(26-28)41-38(48)23-24-39-40(41)33-19-12-18-30(42(33)49-39)27-13-6-4-7-14-27/h4-26,48H,1-3H3. The Hall–Kier alpha value is -6.20. The summed E-state index contributed by atoms with van der Waals surface area (Å²) in [6.07, 6.45) is 0. The molecule has 236 valence electrons. The molecule has 1 N–H and O–H groups in total. The second-order valence-electron chi connectivity index (χ2n) is 13.6. The minimum Gasteiger partial charge on any atom is -0.507 e. The number of aromatic hydroxyl groups is 1. The van der Waals surface area contributed by atoms with Crippen LogP contribution in [0, 0.1) is 0 Å². The van der Waals surface area contributed by atoms with Gasteiger partial charge in [-0.2, -0.15) is 0 Å². The van der Waals surface area contributed by atoms with Gasteiger partial charge in [0.2, 0.25) is 0 Å². The van der Waals surface area contributed by atoms with Crippen LogP contribution in [0.15, 0.2) is 144 Å². The number of hydrogen-bond donors (Lipinski definition) is 1. The number of phenolic OH excluding ortho intramolecular Hbond substituents is 1. The molecule has 0 aliphatic heterocycles. The Morgan fingerprint density at radius 1 is 0.612 bits per heavy atom. The largest absolute Gasteiger partial charge is 0.507 e. The second kappa shape index (κ2) is 10.9. The van der Waals surface area contributed by atoms with Crippen molar-refractivity contribution in [2.24, 2.45) is 0 Å². The first-order chi connectivity index (χ1) is 23.8. The normalized spacial score (nSPS) is 12.1. The van der Waals surface area contributed by atoms with Gasteiger partial charge in [-0.15, -0.1) is 0 Å². The first kappa shape index (κ1) is 29.0. The summed E-state index contributed by atoms with van der Waals surface area (Å²) in [4.78, 5) is 10.6. The number of benzene rings is 5. The molecule has 5 heteroatoms. The molecule has 9 aromatic rings. The van der Waals surface area contributed by atoms with Gasteiger partial charge in [0, 0.05) is 32.8 Å². The molecule has 0 atom stereocenters. The summed E-state index contributed by atoms with van der Waals surface area (Å²) >= 11 is 0. The third kappa shape index (κ3) is 4.69. The number of hydrogen-bond acceptors (Lipinski definition) is 4. The van der Waals surface area contributed by atoms with Crippen molar-refractivity contribution < 1.29 is 9.52 Å². The number of rotatable bonds is 4. The van der Waals surface area contributed by atoms with E-state index in [0.29, 0.717) is 16.8 Å². The van der Waals surface area contributed by atoms with Crippen molar-refractivity contribution in [3.05, 3.63) is 145 Å². The predicted octanol–water partition coefficient (Wildman–Crippen LogP) is 11.5. The molecule has 0 saturated heterocycles. The molecule has 0 spiro atoms. The fourth-order valence-electron chi connectivity index (χ4n) is 7.03. The molecule has 0 bridgehead atoms. The highest BCUT2D eigenvalue weighted by Gasteiger charge is 2.24. The zero-order valence-electron chi connectivity index (χ0n) is 27.5. The van der Waals surface area contributed by atoms with E-state index >= 15 is 0 Å². The Morgan fingerprint density at radius 3 is 2.12 bits per heavy atom. The Labute approximate surface area is 283 Å². The average Bonchev–Trinajstić information content (AvgIpc) is 3.67. The van der Waals surface area contributed by atoms with Crippen molar-refractivity contribution in [3.8, 4) is 45.2 Å². The van der Waals surface area contributed by atoms with Crippen LogP contribution >= 0.6 is 0 Å². The van der Waals surface area contributed by atoms with Crippen molar-refractivity contribution in [1.82, 2.24) is 14.5 Å². The number of furan rings is 1. The highest BCUT2D eigenvalue weighted by molar-refractivity contribution is 6.16. The summed E-state index contributed by atoms with van der Waals surface area (Å²) in [5.74, 6) is 0.150. The number of phenols is 1. The molecule has 9 rings (SSSR count). The zero-order valence-corrected chi connectivity index (χ0v) is 27.5. The van der Waals surface area contributed by atoms with E-state index in [1.807, 2.05) is 36.4 Å². The van der Waals surface area contributed by atoms with Gasteiger partial charge in [0.1, 0.15) is 22.6 Å². The summed E-state index contributed by atoms with van der Waals surface area (Å²) in [7, 11) is 0. The summed E-state index contributed by atoms with van der Waals surface area (Å²) in [6, 6.07) is 47.2. The topological polar surface area (TPSA) is 64.1 Å². The van der Waals surface area contributed by atoms with Crippen molar-refractivity contribution in [2.45, 2.75) is 26.2 Å². The number of pyridine rings is 2. The maximum Gasteiger partial charge on any atom is 0.146 e. The Bertz CT molecular complexity index is 2700. The lowest BCUT2D eigenvalue weighted by molar-refractivity contribution is 0.477. The van der Waals surface area contributed by atoms with E-state index in [0.717, 1.165) is 72.1 Å². The van der Waals surface area contributed by atoms with E-state index in [1.165, 1.54) is 0 Å². The zero-order chi connectivity index (χ0) is 33.3. The molecule has 0 radical (unpaired) electrons. The summed E-state index contributed by atoms with van der Waals surface area (Å²) < 4.78 is 8.77. The van der Waals surface area contributed by atoms with Gasteiger partial charge < -0.3 is 9.52 Å². The van der Waals surface area contributed by atoms with Crippen LogP contribution in [0.4, 0.5) is 0 Å². The van der Waals surface area contributed by atoms with E-state index in [4.69, 9.17) is 14.4 Å². The summed E-state index contributed by atoms with van der Waals surface area (Å²) in [5, 5.41) is 15.6. The summed E-state index contributed by atoms with van der Waals surface area (Å²) in [6.45, 7) is 6.58. The molecule has 0 amide bonds. The van der Waals surface area contributed by atoms with Crippen LogP contribution in [0.1, 0.15) is 26.3 Å². The molecular weight excluding hydrogens is 603 g/mol. The lowest BCUT2D eigenvalue weighted by Crippen LogP contribution is -2.12. The van der Waals surface area contributed by atoms with Gasteiger partial charge in [-0.3, -0.25) is 4.57 Å². The van der Waals surface area contributed by atoms with Gasteiger partial charge in [0.05, 0.1) is 28.2 Å². The molecule has 0 aliphatic carbocycles. The number of nitrogens with zero attached hydrogens (tertiary/aromatic N) is 3. The first-order valence-corrected chi connectivity index (χ1v) is 16.6. The smallest absolute Gasteiger partial charge is 0.146 e. The minimum atomic E-state index is -0.196. The molecule has 4 aromatic heterocycles. The maximum absolute atomic E-state index is 11.6. The van der Waals surface area contributed by atoms with Crippen LogP contribution in [-0.2, 0) is 5.41 Å². The molecule has 0 saturated carbocycles. The van der Waals surface area contributed by atoms with Gasteiger partial charge >= 0.3 is 0 Å². The highest BCUT2D eigenvalue weighted by Crippen LogP contribution is 2.45. The summed E-state index contributed by atoms with van der Waals surface area (Å²) in [5.41, 5.74) is 10.3. The molecule has 5 aromatic carbocycles. The van der Waals surface area contributed by atoms with Gasteiger partial charge in [0.15, 0.2) is 0 Å². The lowest BCUT2D eigenvalue weighted by atomic mass is 9.85. The maximum atomic E-state index is 11.6. The minimum absolute atomic E-state index is 0.150. The van der Waals surface area contributed by atoms with Gasteiger partial charge in [-0.05, 0) is 71.1 Å². The lowest BCUT2D eigenvalue weighted by Gasteiger charge is -2.21. The fourth-order valence-corrected chi connectivity index (χ4v) is 7.03. The molecule has 4 heterocycles. The number of aromatic nitrogens is 3. The highest BCUT2D eigenvalue weighted by atomic mass is 16.3. The Morgan fingerprint density at radius 2 is 1.33 bits per heavy atom. The van der Waals surface area contributed by atoms with Gasteiger partial charge in [-0.25, -0.2) is 9.97 Å². The van der Waals surface area contributed by atoms with Gasteiger partial charge in [0.25, 0.3) is 0 Å². The SMILES string of the molecule is CC(C)(C)c1cc(-c2ccc3c4ccccc4n(-c4ccccc4)c3n2)nc(-c2c(O)ccc3oc4c(-c5ccccc5)cccc4c23)c1. The number of fused-ring (bicyclic) bond motifs is 6. The van der Waals surface area contributed by atoms with Crippen molar-refractivity contribution >= 4 is 43.9 Å². The quantitative estimate of drug-likeness (QED) is 0.209. The third-order valence-corrected chi connectivity index (χ3v) is 9.47. The van der Waals surface area contributed by atoms with Crippen LogP contribution in [0.25, 0.3) is 83.3 Å². The van der Waals surface area contributed by atoms with Crippen LogP contribution in [0.5, 0.6) is 5.75 Å². The van der Waals surface area contributed by atoms with E-state index < -0.39 is 0 Å². The average molecular weight is 636 g/mol.